The van der Waals surface area contributed by atoms with Gasteiger partial charge in [0.15, 0.2) is 0 Å². The number of carbonyl (C=O) groups excluding carboxylic acids is 1. The monoisotopic (exact) mass is 367 g/mol. The summed E-state index contributed by atoms with van der Waals surface area (Å²) in [5.41, 5.74) is 3.36. The van der Waals surface area contributed by atoms with Gasteiger partial charge in [-0.25, -0.2) is 0 Å². The second-order valence-corrected chi connectivity index (χ2v) is 7.11. The number of amides is 1. The second-order valence-electron chi connectivity index (χ2n) is 5.42. The molecule has 4 rings (SSSR count). The van der Waals surface area contributed by atoms with Crippen LogP contribution in [-0.4, -0.2) is 16.0 Å². The molecule has 5 nitrogen and oxygen atoms in total. The molecule has 25 heavy (non-hydrogen) atoms. The van der Waals surface area contributed by atoms with Crippen LogP contribution in [0.3, 0.4) is 0 Å². The van der Waals surface area contributed by atoms with Crippen LogP contribution in [0.15, 0.2) is 57.1 Å². The first-order valence-corrected chi connectivity index (χ1v) is 9.35. The van der Waals surface area contributed by atoms with Crippen molar-refractivity contribution in [2.24, 2.45) is 0 Å². The van der Waals surface area contributed by atoms with Crippen LogP contribution in [0, 0.1) is 6.92 Å². The molecule has 1 N–H and O–H groups in total. The molecule has 0 aliphatic rings. The molecule has 1 aromatic carbocycles. The quantitative estimate of drug-likeness (QED) is 0.546. The molecular weight excluding hydrogens is 354 g/mol. The second kappa shape index (κ2) is 6.62. The molecule has 0 atom stereocenters. The van der Waals surface area contributed by atoms with E-state index in [1.165, 1.54) is 28.2 Å². The van der Waals surface area contributed by atoms with Crippen LogP contribution in [-0.2, 0) is 0 Å². The predicted octanol–water partition coefficient (Wildman–Crippen LogP) is 5.09. The first-order valence-electron chi connectivity index (χ1n) is 7.53. The number of benzene rings is 1. The molecule has 0 unspecified atom stereocenters. The minimum Gasteiger partial charge on any atom is -0.333 e. The summed E-state index contributed by atoms with van der Waals surface area (Å²) in [6.07, 6.45) is 0. The summed E-state index contributed by atoms with van der Waals surface area (Å²) in [6, 6.07) is 11.5. The van der Waals surface area contributed by atoms with Crippen molar-refractivity contribution < 1.29 is 9.32 Å². The van der Waals surface area contributed by atoms with Crippen molar-refractivity contribution in [2.45, 2.75) is 6.92 Å². The summed E-state index contributed by atoms with van der Waals surface area (Å²) >= 11 is 2.93. The zero-order valence-electron chi connectivity index (χ0n) is 13.2. The zero-order valence-corrected chi connectivity index (χ0v) is 14.9. The number of aromatic nitrogens is 2. The number of aryl methyl sites for hydroxylation is 1. The predicted molar refractivity (Wildman–Crippen MR) is 100 cm³/mol. The molecule has 0 saturated carbocycles. The van der Waals surface area contributed by atoms with E-state index < -0.39 is 0 Å². The van der Waals surface area contributed by atoms with Gasteiger partial charge in [0.2, 0.25) is 5.82 Å². The third kappa shape index (κ3) is 3.24. The molecular formula is C18H13N3O2S2. The number of carbonyl (C=O) groups is 1. The van der Waals surface area contributed by atoms with E-state index in [9.17, 15) is 4.79 Å². The normalized spacial score (nSPS) is 10.8. The fourth-order valence-corrected chi connectivity index (χ4v) is 3.70. The Labute approximate surface area is 152 Å². The lowest BCUT2D eigenvalue weighted by Crippen LogP contribution is -2.10. The summed E-state index contributed by atoms with van der Waals surface area (Å²) in [7, 11) is 0. The Kier molecular flexibility index (Phi) is 4.17. The van der Waals surface area contributed by atoms with Gasteiger partial charge in [0.1, 0.15) is 4.88 Å². The first-order chi connectivity index (χ1) is 12.2. The molecule has 0 aliphatic heterocycles. The van der Waals surface area contributed by atoms with Gasteiger partial charge < -0.3 is 9.84 Å². The maximum Gasteiger partial charge on any atom is 0.270 e. The summed E-state index contributed by atoms with van der Waals surface area (Å²) in [5.74, 6) is 0.767. The summed E-state index contributed by atoms with van der Waals surface area (Å²) in [5, 5.41) is 12.5. The van der Waals surface area contributed by atoms with Gasteiger partial charge >= 0.3 is 0 Å². The zero-order chi connectivity index (χ0) is 17.2. The van der Waals surface area contributed by atoms with Crippen molar-refractivity contribution in [3.63, 3.8) is 0 Å². The van der Waals surface area contributed by atoms with Crippen LogP contribution in [0.5, 0.6) is 0 Å². The van der Waals surface area contributed by atoms with E-state index in [1.807, 2.05) is 53.4 Å². The third-order valence-electron chi connectivity index (χ3n) is 3.63. The van der Waals surface area contributed by atoms with Gasteiger partial charge in [0.25, 0.3) is 11.8 Å². The highest BCUT2D eigenvalue weighted by Crippen LogP contribution is 2.34. The molecule has 0 spiro atoms. The lowest BCUT2D eigenvalue weighted by molar-refractivity contribution is 0.102. The van der Waals surface area contributed by atoms with Gasteiger partial charge in [-0.05, 0) is 29.8 Å². The lowest BCUT2D eigenvalue weighted by atomic mass is 10.1. The van der Waals surface area contributed by atoms with Crippen LogP contribution in [0.2, 0.25) is 0 Å². The van der Waals surface area contributed by atoms with Gasteiger partial charge in [0, 0.05) is 10.9 Å². The summed E-state index contributed by atoms with van der Waals surface area (Å²) < 4.78 is 5.41. The minimum absolute atomic E-state index is 0.154. The van der Waals surface area contributed by atoms with Crippen molar-refractivity contribution in [1.29, 1.82) is 0 Å². The Morgan fingerprint density at radius 3 is 2.72 bits per heavy atom. The Morgan fingerprint density at radius 2 is 1.96 bits per heavy atom. The average molecular weight is 367 g/mol. The van der Waals surface area contributed by atoms with Crippen molar-refractivity contribution >= 4 is 34.3 Å². The Bertz CT molecular complexity index is 1000. The van der Waals surface area contributed by atoms with Crippen molar-refractivity contribution in [3.05, 3.63) is 63.7 Å². The van der Waals surface area contributed by atoms with Crippen LogP contribution < -0.4 is 5.32 Å². The number of nitrogens with zero attached hydrogens (tertiary/aromatic N) is 2. The third-order valence-corrected chi connectivity index (χ3v) is 5.21. The number of nitrogens with one attached hydrogen (secondary N) is 1. The molecule has 4 aromatic rings. The topological polar surface area (TPSA) is 68.0 Å². The maximum absolute atomic E-state index is 12.2. The van der Waals surface area contributed by atoms with Crippen molar-refractivity contribution in [1.82, 2.24) is 10.1 Å². The van der Waals surface area contributed by atoms with Gasteiger partial charge in [-0.3, -0.25) is 4.79 Å². The molecule has 124 valence electrons. The van der Waals surface area contributed by atoms with E-state index in [0.29, 0.717) is 23.0 Å². The fraction of sp³-hybridized carbons (Fsp3) is 0.0556. The first kappa shape index (κ1) is 15.7. The molecule has 1 amide bonds. The number of thiophene rings is 2. The van der Waals surface area contributed by atoms with Crippen LogP contribution in [0.25, 0.3) is 22.2 Å². The van der Waals surface area contributed by atoms with Crippen LogP contribution in [0.1, 0.15) is 15.9 Å². The molecule has 0 radical (unpaired) electrons. The molecule has 3 aromatic heterocycles. The number of hydrogen-bond acceptors (Lipinski definition) is 6. The number of anilines is 1. The van der Waals surface area contributed by atoms with Crippen LogP contribution >= 0.6 is 22.7 Å². The molecule has 0 fully saturated rings. The Morgan fingerprint density at radius 1 is 1.12 bits per heavy atom. The van der Waals surface area contributed by atoms with E-state index in [-0.39, 0.29) is 5.91 Å². The van der Waals surface area contributed by atoms with Gasteiger partial charge in [0.05, 0.1) is 11.3 Å². The highest BCUT2D eigenvalue weighted by atomic mass is 32.1. The highest BCUT2D eigenvalue weighted by Gasteiger charge is 2.17. The van der Waals surface area contributed by atoms with Gasteiger partial charge in [-0.2, -0.15) is 16.3 Å². The molecule has 0 aliphatic carbocycles. The number of hydrogen-bond donors (Lipinski definition) is 1. The van der Waals surface area contributed by atoms with E-state index in [4.69, 9.17) is 4.52 Å². The van der Waals surface area contributed by atoms with E-state index in [1.54, 1.807) is 6.07 Å². The van der Waals surface area contributed by atoms with Crippen molar-refractivity contribution in [3.8, 4) is 22.2 Å². The Balaban J connectivity index is 1.60. The highest BCUT2D eigenvalue weighted by molar-refractivity contribution is 7.14. The maximum atomic E-state index is 12.2. The van der Waals surface area contributed by atoms with E-state index in [0.717, 1.165) is 10.4 Å². The lowest BCUT2D eigenvalue weighted by Gasteiger charge is -2.02. The molecule has 7 heteroatoms. The van der Waals surface area contributed by atoms with Gasteiger partial charge in [-0.1, -0.05) is 35.0 Å². The SMILES string of the molecule is Cc1ccc(-c2noc(-c3sccc3NC(=O)c3ccsc3)n2)cc1. The standard InChI is InChI=1S/C18H13N3O2S2/c1-11-2-4-12(5-3-11)16-20-18(23-21-16)15-14(7-9-25-15)19-17(22)13-6-8-24-10-13/h2-10H,1H3,(H,19,22). The molecule has 0 saturated heterocycles. The minimum atomic E-state index is -0.154. The summed E-state index contributed by atoms with van der Waals surface area (Å²) in [6.45, 7) is 2.03. The van der Waals surface area contributed by atoms with Crippen LogP contribution in [0.4, 0.5) is 5.69 Å². The summed E-state index contributed by atoms with van der Waals surface area (Å²) in [4.78, 5) is 17.5. The molecule has 0 bridgehead atoms. The smallest absolute Gasteiger partial charge is 0.270 e. The van der Waals surface area contributed by atoms with Crippen molar-refractivity contribution in [2.75, 3.05) is 5.32 Å². The number of rotatable bonds is 4. The average Bonchev–Trinajstić information content (AvgIpc) is 3.36. The molecule has 3 heterocycles. The fourth-order valence-electron chi connectivity index (χ4n) is 2.30. The Hall–Kier alpha value is -2.77. The van der Waals surface area contributed by atoms with E-state index in [2.05, 4.69) is 15.5 Å². The largest absolute Gasteiger partial charge is 0.333 e. The van der Waals surface area contributed by atoms with E-state index >= 15 is 0 Å². The van der Waals surface area contributed by atoms with Gasteiger partial charge in [-0.15, -0.1) is 11.3 Å².